The number of thiazole rings is 1. The maximum atomic E-state index is 4.32. The summed E-state index contributed by atoms with van der Waals surface area (Å²) in [5.74, 6) is 0.909. The van der Waals surface area contributed by atoms with Crippen LogP contribution in [0, 0.1) is 12.8 Å². The van der Waals surface area contributed by atoms with Gasteiger partial charge in [-0.2, -0.15) is 0 Å². The molecule has 2 fully saturated rings. The lowest BCUT2D eigenvalue weighted by Gasteiger charge is -2.24. The van der Waals surface area contributed by atoms with Crippen LogP contribution in [0.4, 0.5) is 0 Å². The predicted octanol–water partition coefficient (Wildman–Crippen LogP) is 1.68. The monoisotopic (exact) mass is 251 g/mol. The van der Waals surface area contributed by atoms with Gasteiger partial charge in [-0.3, -0.25) is 0 Å². The van der Waals surface area contributed by atoms with Gasteiger partial charge in [0.25, 0.3) is 0 Å². The van der Waals surface area contributed by atoms with E-state index in [1.807, 2.05) is 5.51 Å². The van der Waals surface area contributed by atoms with Gasteiger partial charge in [0.2, 0.25) is 0 Å². The summed E-state index contributed by atoms with van der Waals surface area (Å²) in [5.41, 5.74) is 3.19. The largest absolute Gasteiger partial charge is 0.312 e. The average Bonchev–Trinajstić information content (AvgIpc) is 2.92. The van der Waals surface area contributed by atoms with Gasteiger partial charge in [0.1, 0.15) is 0 Å². The molecule has 0 aliphatic carbocycles. The number of nitrogens with zero attached hydrogens (tertiary/aromatic N) is 2. The van der Waals surface area contributed by atoms with E-state index in [1.54, 1.807) is 11.3 Å². The lowest BCUT2D eigenvalue weighted by Crippen LogP contribution is -2.40. The van der Waals surface area contributed by atoms with Crippen LogP contribution >= 0.6 is 11.3 Å². The van der Waals surface area contributed by atoms with Crippen LogP contribution in [-0.2, 0) is 6.42 Å². The number of piperidine rings is 1. The molecule has 3 heterocycles. The Hall–Kier alpha value is -0.450. The molecule has 17 heavy (non-hydrogen) atoms. The van der Waals surface area contributed by atoms with E-state index in [9.17, 15) is 0 Å². The molecular weight excluding hydrogens is 230 g/mol. The molecule has 1 aromatic heterocycles. The van der Waals surface area contributed by atoms with Crippen LogP contribution < -0.4 is 5.32 Å². The molecule has 3 rings (SSSR count). The molecule has 0 amide bonds. The van der Waals surface area contributed by atoms with Crippen LogP contribution in [0.5, 0.6) is 0 Å². The van der Waals surface area contributed by atoms with Gasteiger partial charge in [0.15, 0.2) is 0 Å². The lowest BCUT2D eigenvalue weighted by atomic mass is 9.94. The van der Waals surface area contributed by atoms with E-state index in [0.717, 1.165) is 12.0 Å². The maximum Gasteiger partial charge on any atom is 0.0797 e. The molecule has 1 aromatic rings. The summed E-state index contributed by atoms with van der Waals surface area (Å²) in [4.78, 5) is 8.42. The van der Waals surface area contributed by atoms with Crippen molar-refractivity contribution in [1.82, 2.24) is 15.2 Å². The van der Waals surface area contributed by atoms with Gasteiger partial charge in [-0.15, -0.1) is 11.3 Å². The molecule has 1 N–H and O–H groups in total. The number of hydrogen-bond acceptors (Lipinski definition) is 4. The Morgan fingerprint density at radius 1 is 1.53 bits per heavy atom. The van der Waals surface area contributed by atoms with Crippen molar-refractivity contribution in [3.05, 3.63) is 16.1 Å². The summed E-state index contributed by atoms with van der Waals surface area (Å²) in [6.07, 6.45) is 3.96. The minimum Gasteiger partial charge on any atom is -0.312 e. The van der Waals surface area contributed by atoms with E-state index in [1.165, 1.54) is 56.0 Å². The predicted molar refractivity (Wildman–Crippen MR) is 71.5 cm³/mol. The number of aromatic nitrogens is 1. The van der Waals surface area contributed by atoms with E-state index in [-0.39, 0.29) is 0 Å². The third-order valence-electron chi connectivity index (χ3n) is 4.17. The molecule has 0 bridgehead atoms. The van der Waals surface area contributed by atoms with Crippen LogP contribution in [0.25, 0.3) is 0 Å². The fraction of sp³-hybridized carbons (Fsp3) is 0.769. The molecule has 0 spiro atoms. The second-order valence-electron chi connectivity index (χ2n) is 5.33. The van der Waals surface area contributed by atoms with Gasteiger partial charge < -0.3 is 10.2 Å². The molecule has 0 radical (unpaired) electrons. The first-order chi connectivity index (χ1) is 8.33. The highest BCUT2D eigenvalue weighted by atomic mass is 32.1. The fourth-order valence-electron chi connectivity index (χ4n) is 3.14. The first-order valence-electron chi connectivity index (χ1n) is 6.67. The highest BCUT2D eigenvalue weighted by molar-refractivity contribution is 7.09. The zero-order valence-electron chi connectivity index (χ0n) is 10.5. The number of fused-ring (bicyclic) bond motifs is 1. The Morgan fingerprint density at radius 2 is 2.47 bits per heavy atom. The van der Waals surface area contributed by atoms with Gasteiger partial charge in [0.05, 0.1) is 11.2 Å². The first-order valence-corrected chi connectivity index (χ1v) is 7.55. The first kappa shape index (κ1) is 11.6. The lowest BCUT2D eigenvalue weighted by molar-refractivity contribution is 0.323. The number of hydrogen-bond donors (Lipinski definition) is 1. The second kappa shape index (κ2) is 5.04. The van der Waals surface area contributed by atoms with E-state index in [2.05, 4.69) is 22.1 Å². The van der Waals surface area contributed by atoms with E-state index in [4.69, 9.17) is 0 Å². The maximum absolute atomic E-state index is 4.32. The van der Waals surface area contributed by atoms with Crippen LogP contribution in [0.3, 0.4) is 0 Å². The summed E-state index contributed by atoms with van der Waals surface area (Å²) in [5, 5.41) is 3.66. The van der Waals surface area contributed by atoms with Gasteiger partial charge in [0, 0.05) is 30.6 Å². The molecule has 2 saturated heterocycles. The van der Waals surface area contributed by atoms with Crippen molar-refractivity contribution < 1.29 is 0 Å². The highest BCUT2D eigenvalue weighted by Gasteiger charge is 2.33. The van der Waals surface area contributed by atoms with Crippen LogP contribution in [0.2, 0.25) is 0 Å². The molecule has 2 aliphatic rings. The zero-order chi connectivity index (χ0) is 11.7. The highest BCUT2D eigenvalue weighted by Crippen LogP contribution is 2.25. The third kappa shape index (κ3) is 2.54. The van der Waals surface area contributed by atoms with Gasteiger partial charge in [-0.1, -0.05) is 0 Å². The molecule has 94 valence electrons. The minimum absolute atomic E-state index is 0.770. The van der Waals surface area contributed by atoms with Crippen molar-refractivity contribution in [2.45, 2.75) is 32.2 Å². The number of rotatable bonds is 3. The van der Waals surface area contributed by atoms with Gasteiger partial charge in [-0.05, 0) is 38.6 Å². The van der Waals surface area contributed by atoms with E-state index < -0.39 is 0 Å². The third-order valence-corrected chi connectivity index (χ3v) is 5.17. The molecule has 4 heteroatoms. The quantitative estimate of drug-likeness (QED) is 0.886. The van der Waals surface area contributed by atoms with Crippen molar-refractivity contribution in [1.29, 1.82) is 0 Å². The summed E-state index contributed by atoms with van der Waals surface area (Å²) >= 11 is 1.80. The zero-order valence-corrected chi connectivity index (χ0v) is 11.3. The molecule has 2 unspecified atom stereocenters. The van der Waals surface area contributed by atoms with Gasteiger partial charge in [-0.25, -0.2) is 4.98 Å². The minimum atomic E-state index is 0.770. The Balaban J connectivity index is 1.52. The molecule has 2 atom stereocenters. The van der Waals surface area contributed by atoms with Crippen molar-refractivity contribution in [3.63, 3.8) is 0 Å². The van der Waals surface area contributed by atoms with Crippen LogP contribution in [-0.4, -0.2) is 42.1 Å². The van der Waals surface area contributed by atoms with Gasteiger partial charge >= 0.3 is 0 Å². The molecule has 0 saturated carbocycles. The number of nitrogens with one attached hydrogen (secondary N) is 1. The van der Waals surface area contributed by atoms with Crippen molar-refractivity contribution in [2.24, 2.45) is 5.92 Å². The van der Waals surface area contributed by atoms with Crippen LogP contribution in [0.15, 0.2) is 5.51 Å². The van der Waals surface area contributed by atoms with Crippen molar-refractivity contribution >= 4 is 11.3 Å². The number of likely N-dealkylation sites (tertiary alicyclic amines) is 1. The van der Waals surface area contributed by atoms with Crippen molar-refractivity contribution in [3.8, 4) is 0 Å². The summed E-state index contributed by atoms with van der Waals surface area (Å²) in [7, 11) is 0. The normalized spacial score (nSPS) is 29.5. The second-order valence-corrected chi connectivity index (χ2v) is 6.27. The van der Waals surface area contributed by atoms with Crippen LogP contribution in [0.1, 0.15) is 23.4 Å². The SMILES string of the molecule is Cc1ncsc1CCN1CC2CCCNC2C1. The summed E-state index contributed by atoms with van der Waals surface area (Å²) in [6.45, 7) is 7.11. The Morgan fingerprint density at radius 3 is 3.24 bits per heavy atom. The Labute approximate surface area is 107 Å². The molecule has 2 aliphatic heterocycles. The standard InChI is InChI=1S/C13H21N3S/c1-10-13(17-9-15-10)4-6-16-7-11-3-2-5-14-12(11)8-16/h9,11-12,14H,2-8H2,1H3. The number of aryl methyl sites for hydroxylation is 1. The summed E-state index contributed by atoms with van der Waals surface area (Å²) < 4.78 is 0. The van der Waals surface area contributed by atoms with E-state index >= 15 is 0 Å². The van der Waals surface area contributed by atoms with Crippen molar-refractivity contribution in [2.75, 3.05) is 26.2 Å². The topological polar surface area (TPSA) is 28.2 Å². The Bertz CT molecular complexity index is 362. The molecule has 3 nitrogen and oxygen atoms in total. The smallest absolute Gasteiger partial charge is 0.0797 e. The fourth-order valence-corrected chi connectivity index (χ4v) is 3.91. The molecule has 0 aromatic carbocycles. The Kier molecular flexibility index (Phi) is 3.45. The molecular formula is C13H21N3S. The average molecular weight is 251 g/mol. The summed E-state index contributed by atoms with van der Waals surface area (Å²) in [6, 6.07) is 0.770. The van der Waals surface area contributed by atoms with E-state index in [0.29, 0.717) is 0 Å².